The smallest absolute Gasteiger partial charge is 0.231 e. The molecule has 134 valence electrons. The minimum atomic E-state index is -0.298. The third-order valence-corrected chi connectivity index (χ3v) is 5.13. The maximum Gasteiger partial charge on any atom is 0.231 e. The van der Waals surface area contributed by atoms with Crippen LogP contribution in [0.3, 0.4) is 0 Å². The van der Waals surface area contributed by atoms with Gasteiger partial charge in [-0.05, 0) is 30.0 Å². The molecule has 0 spiro atoms. The number of amides is 1. The molecular weight excluding hydrogens is 357 g/mol. The fraction of sp³-hybridized carbons (Fsp3) is 0.368. The number of rotatable bonds is 7. The Morgan fingerprint density at radius 2 is 2.08 bits per heavy atom. The highest BCUT2D eigenvalue weighted by molar-refractivity contribution is 6.42. The number of aliphatic imine (C=N–C) groups is 1. The van der Waals surface area contributed by atoms with Gasteiger partial charge in [-0.25, -0.2) is 0 Å². The molecule has 1 amide bonds. The number of allylic oxidation sites excluding steroid dienone is 1. The summed E-state index contributed by atoms with van der Waals surface area (Å²) in [5.74, 6) is 0.138. The zero-order chi connectivity index (χ0) is 18.2. The largest absolute Gasteiger partial charge is 0.403 e. The zero-order valence-electron chi connectivity index (χ0n) is 14.1. The van der Waals surface area contributed by atoms with E-state index in [4.69, 9.17) is 28.9 Å². The Hall–Kier alpha value is -1.78. The average Bonchev–Trinajstić information content (AvgIpc) is 3.08. The van der Waals surface area contributed by atoms with Crippen LogP contribution in [0.1, 0.15) is 43.6 Å². The summed E-state index contributed by atoms with van der Waals surface area (Å²) in [6.45, 7) is 3.80. The van der Waals surface area contributed by atoms with Gasteiger partial charge in [0.25, 0.3) is 0 Å². The second-order valence-electron chi connectivity index (χ2n) is 6.25. The number of nitrogens with zero attached hydrogens (tertiary/aromatic N) is 1. The predicted molar refractivity (Wildman–Crippen MR) is 105 cm³/mol. The summed E-state index contributed by atoms with van der Waals surface area (Å²) < 4.78 is 0. The normalized spacial score (nSPS) is 16.6. The lowest BCUT2D eigenvalue weighted by Gasteiger charge is -2.21. The van der Waals surface area contributed by atoms with Gasteiger partial charge in [-0.3, -0.25) is 9.79 Å². The summed E-state index contributed by atoms with van der Waals surface area (Å²) in [6.07, 6.45) is 9.76. The van der Waals surface area contributed by atoms with Crippen LogP contribution in [0.15, 0.2) is 47.9 Å². The van der Waals surface area contributed by atoms with Crippen molar-refractivity contribution in [2.45, 2.75) is 38.0 Å². The van der Waals surface area contributed by atoms with Crippen molar-refractivity contribution in [2.75, 3.05) is 0 Å². The lowest BCUT2D eigenvalue weighted by atomic mass is 9.87. The maximum absolute atomic E-state index is 12.8. The summed E-state index contributed by atoms with van der Waals surface area (Å²) in [6, 6.07) is 5.37. The molecule has 1 aromatic rings. The van der Waals surface area contributed by atoms with Crippen LogP contribution in [0.25, 0.3) is 0 Å². The highest BCUT2D eigenvalue weighted by atomic mass is 35.5. The van der Waals surface area contributed by atoms with Crippen molar-refractivity contribution in [1.29, 1.82) is 0 Å². The molecule has 1 saturated carbocycles. The number of benzene rings is 1. The fourth-order valence-corrected chi connectivity index (χ4v) is 3.47. The molecule has 2 rings (SSSR count). The van der Waals surface area contributed by atoms with E-state index in [-0.39, 0.29) is 11.8 Å². The van der Waals surface area contributed by atoms with E-state index < -0.39 is 0 Å². The third kappa shape index (κ3) is 5.91. The van der Waals surface area contributed by atoms with Gasteiger partial charge in [-0.15, -0.1) is 0 Å². The van der Waals surface area contributed by atoms with Crippen LogP contribution >= 0.6 is 23.2 Å². The van der Waals surface area contributed by atoms with E-state index in [9.17, 15) is 4.79 Å². The molecule has 0 aliphatic heterocycles. The Morgan fingerprint density at radius 3 is 2.72 bits per heavy atom. The van der Waals surface area contributed by atoms with Crippen LogP contribution in [-0.4, -0.2) is 12.1 Å². The van der Waals surface area contributed by atoms with Gasteiger partial charge < -0.3 is 11.1 Å². The first-order valence-electron chi connectivity index (χ1n) is 8.36. The first kappa shape index (κ1) is 19.5. The van der Waals surface area contributed by atoms with Crippen LogP contribution < -0.4 is 11.1 Å². The van der Waals surface area contributed by atoms with E-state index in [1.165, 1.54) is 31.5 Å². The molecule has 0 radical (unpaired) electrons. The second-order valence-corrected chi connectivity index (χ2v) is 7.06. The van der Waals surface area contributed by atoms with Crippen molar-refractivity contribution in [3.63, 3.8) is 0 Å². The molecule has 1 aromatic carbocycles. The number of halogens is 2. The van der Waals surface area contributed by atoms with Crippen LogP contribution in [0.5, 0.6) is 0 Å². The summed E-state index contributed by atoms with van der Waals surface area (Å²) in [5.41, 5.74) is 6.51. The SMILES string of the molecule is C=C(/C=N\C=C/N)NC(=O)C(CC1CCCC1)c1ccc(Cl)c(Cl)c1. The summed E-state index contributed by atoms with van der Waals surface area (Å²) in [7, 11) is 0. The number of hydrogen-bond donors (Lipinski definition) is 2. The Kier molecular flexibility index (Phi) is 7.53. The molecule has 1 aliphatic rings. The topological polar surface area (TPSA) is 67.5 Å². The Labute approximate surface area is 158 Å². The second kappa shape index (κ2) is 9.64. The first-order chi connectivity index (χ1) is 12.0. The van der Waals surface area contributed by atoms with Gasteiger partial charge >= 0.3 is 0 Å². The minimum Gasteiger partial charge on any atom is -0.403 e. The molecule has 6 heteroatoms. The monoisotopic (exact) mass is 379 g/mol. The van der Waals surface area contributed by atoms with Gasteiger partial charge in [-0.1, -0.05) is 61.5 Å². The number of hydrogen-bond acceptors (Lipinski definition) is 3. The van der Waals surface area contributed by atoms with Crippen LogP contribution in [0.4, 0.5) is 0 Å². The molecule has 0 bridgehead atoms. The van der Waals surface area contributed by atoms with Crippen molar-refractivity contribution < 1.29 is 4.79 Å². The van der Waals surface area contributed by atoms with Crippen LogP contribution in [0.2, 0.25) is 10.0 Å². The molecule has 25 heavy (non-hydrogen) atoms. The maximum atomic E-state index is 12.8. The Bertz CT molecular complexity index is 679. The molecule has 0 saturated heterocycles. The van der Waals surface area contributed by atoms with Crippen molar-refractivity contribution in [3.05, 3.63) is 58.5 Å². The Morgan fingerprint density at radius 1 is 1.36 bits per heavy atom. The van der Waals surface area contributed by atoms with Crippen molar-refractivity contribution >= 4 is 35.3 Å². The predicted octanol–water partition coefficient (Wildman–Crippen LogP) is 4.79. The summed E-state index contributed by atoms with van der Waals surface area (Å²) in [5, 5.41) is 3.75. The number of carbonyl (C=O) groups is 1. The van der Waals surface area contributed by atoms with Gasteiger partial charge in [0, 0.05) is 18.6 Å². The summed E-state index contributed by atoms with van der Waals surface area (Å²) >= 11 is 12.2. The van der Waals surface area contributed by atoms with Crippen molar-refractivity contribution in [2.24, 2.45) is 16.6 Å². The van der Waals surface area contributed by atoms with E-state index in [0.717, 1.165) is 24.8 Å². The fourth-order valence-electron chi connectivity index (χ4n) is 3.16. The van der Waals surface area contributed by atoms with E-state index in [2.05, 4.69) is 16.9 Å². The summed E-state index contributed by atoms with van der Waals surface area (Å²) in [4.78, 5) is 16.7. The minimum absolute atomic E-state index is 0.113. The van der Waals surface area contributed by atoms with Crippen molar-refractivity contribution in [1.82, 2.24) is 5.32 Å². The van der Waals surface area contributed by atoms with E-state index in [1.54, 1.807) is 12.1 Å². The number of nitrogens with one attached hydrogen (secondary N) is 1. The van der Waals surface area contributed by atoms with Crippen molar-refractivity contribution in [3.8, 4) is 0 Å². The van der Waals surface area contributed by atoms with E-state index in [0.29, 0.717) is 21.7 Å². The average molecular weight is 380 g/mol. The van der Waals surface area contributed by atoms with Crippen LogP contribution in [-0.2, 0) is 4.79 Å². The van der Waals surface area contributed by atoms with Crippen LogP contribution in [0, 0.1) is 5.92 Å². The molecule has 0 heterocycles. The molecular formula is C19H23Cl2N3O. The Balaban J connectivity index is 2.16. The molecule has 1 atom stereocenters. The van der Waals surface area contributed by atoms with Gasteiger partial charge in [0.1, 0.15) is 0 Å². The van der Waals surface area contributed by atoms with Gasteiger partial charge in [0.15, 0.2) is 0 Å². The van der Waals surface area contributed by atoms with E-state index in [1.807, 2.05) is 6.07 Å². The third-order valence-electron chi connectivity index (χ3n) is 4.39. The number of nitrogens with two attached hydrogens (primary N) is 1. The standard InChI is InChI=1S/C19H23Cl2N3O/c1-13(12-23-9-8-22)24-19(25)16(10-14-4-2-3-5-14)15-6-7-17(20)18(21)11-15/h6-9,11-12,14,16H,1-5,10,22H2,(H,24,25)/b9-8-,23-12-. The number of carbonyl (C=O) groups excluding carboxylic acids is 1. The highest BCUT2D eigenvalue weighted by Crippen LogP contribution is 2.36. The molecule has 0 aromatic heterocycles. The lowest BCUT2D eigenvalue weighted by molar-refractivity contribution is -0.122. The molecule has 1 aliphatic carbocycles. The van der Waals surface area contributed by atoms with Gasteiger partial charge in [-0.2, -0.15) is 0 Å². The molecule has 3 N–H and O–H groups in total. The van der Waals surface area contributed by atoms with Gasteiger partial charge in [0.2, 0.25) is 5.91 Å². The first-order valence-corrected chi connectivity index (χ1v) is 9.11. The van der Waals surface area contributed by atoms with Gasteiger partial charge in [0.05, 0.1) is 21.7 Å². The lowest BCUT2D eigenvalue weighted by Crippen LogP contribution is -2.30. The quantitative estimate of drug-likeness (QED) is 0.668. The molecule has 4 nitrogen and oxygen atoms in total. The molecule has 1 fully saturated rings. The molecule has 1 unspecified atom stereocenters. The zero-order valence-corrected chi connectivity index (χ0v) is 15.6. The highest BCUT2D eigenvalue weighted by Gasteiger charge is 2.27. The van der Waals surface area contributed by atoms with E-state index >= 15 is 0 Å².